The van der Waals surface area contributed by atoms with Gasteiger partial charge < -0.3 is 8.98 Å². The summed E-state index contributed by atoms with van der Waals surface area (Å²) in [6.07, 6.45) is 5.03. The molecule has 0 aliphatic heterocycles. The van der Waals surface area contributed by atoms with Crippen molar-refractivity contribution in [2.24, 2.45) is 0 Å². The zero-order valence-electron chi connectivity index (χ0n) is 34.7. The van der Waals surface area contributed by atoms with Gasteiger partial charge in [0.2, 0.25) is 0 Å². The molecule has 0 bridgehead atoms. The molecule has 3 aromatic heterocycles. The maximum Gasteiger partial charge on any atom is 0.163 e. The molecule has 64 heavy (non-hydrogen) atoms. The third-order valence-electron chi connectivity index (χ3n) is 13.0. The highest BCUT2D eigenvalue weighted by atomic mass is 16.3. The first kappa shape index (κ1) is 36.3. The molecule has 13 rings (SSSR count). The second kappa shape index (κ2) is 14.6. The number of allylic oxidation sites excluding steroid dienone is 1. The van der Waals surface area contributed by atoms with E-state index in [1.165, 1.54) is 49.0 Å². The molecule has 1 atom stereocenters. The number of hydrogen-bond donors (Lipinski definition) is 0. The summed E-state index contributed by atoms with van der Waals surface area (Å²) in [6, 6.07) is 71.1. The Morgan fingerprint density at radius 3 is 1.80 bits per heavy atom. The van der Waals surface area contributed by atoms with Gasteiger partial charge in [-0.25, -0.2) is 15.0 Å². The molecule has 1 unspecified atom stereocenters. The van der Waals surface area contributed by atoms with Gasteiger partial charge >= 0.3 is 0 Å². The Hall–Kier alpha value is -8.41. The average molecular weight is 819 g/mol. The Bertz CT molecular complexity index is 3790. The van der Waals surface area contributed by atoms with E-state index in [1.807, 2.05) is 24.3 Å². The summed E-state index contributed by atoms with van der Waals surface area (Å²) in [5, 5.41) is 8.49. The van der Waals surface area contributed by atoms with E-state index in [-0.39, 0.29) is 5.92 Å². The summed E-state index contributed by atoms with van der Waals surface area (Å²) < 4.78 is 9.28. The summed E-state index contributed by atoms with van der Waals surface area (Å²) in [5.41, 5.74) is 11.9. The third kappa shape index (κ3) is 5.82. The first-order valence-corrected chi connectivity index (χ1v) is 21.9. The number of benzene rings is 9. The lowest BCUT2D eigenvalue weighted by atomic mass is 9.88. The van der Waals surface area contributed by atoms with Crippen LogP contribution < -0.4 is 0 Å². The van der Waals surface area contributed by atoms with Gasteiger partial charge in [-0.3, -0.25) is 0 Å². The molecule has 9 aromatic carbocycles. The molecule has 0 amide bonds. The molecule has 0 saturated heterocycles. The van der Waals surface area contributed by atoms with Gasteiger partial charge in [0.15, 0.2) is 11.6 Å². The lowest BCUT2D eigenvalue weighted by Crippen LogP contribution is -2.11. The number of hydrogen-bond acceptors (Lipinski definition) is 4. The summed E-state index contributed by atoms with van der Waals surface area (Å²) in [6.45, 7) is 0. The van der Waals surface area contributed by atoms with Crippen LogP contribution in [0.2, 0.25) is 0 Å². The van der Waals surface area contributed by atoms with Crippen LogP contribution in [0.5, 0.6) is 0 Å². The summed E-state index contributed by atoms with van der Waals surface area (Å²) in [4.78, 5) is 15.5. The first-order valence-electron chi connectivity index (χ1n) is 21.9. The van der Waals surface area contributed by atoms with Crippen molar-refractivity contribution in [1.29, 1.82) is 0 Å². The van der Waals surface area contributed by atoms with Gasteiger partial charge in [0.25, 0.3) is 0 Å². The van der Waals surface area contributed by atoms with E-state index in [0.29, 0.717) is 11.6 Å². The van der Waals surface area contributed by atoms with E-state index in [9.17, 15) is 0 Å². The van der Waals surface area contributed by atoms with Crippen molar-refractivity contribution in [2.45, 2.75) is 12.3 Å². The minimum atomic E-state index is -0.140. The monoisotopic (exact) mass is 818 g/mol. The van der Waals surface area contributed by atoms with Gasteiger partial charge in [0.1, 0.15) is 17.2 Å². The highest BCUT2D eigenvalue weighted by Gasteiger charge is 2.29. The number of aromatic nitrogens is 4. The summed E-state index contributed by atoms with van der Waals surface area (Å²) >= 11 is 0. The van der Waals surface area contributed by atoms with Gasteiger partial charge in [-0.2, -0.15) is 0 Å². The maximum atomic E-state index is 6.85. The maximum absolute atomic E-state index is 6.85. The summed E-state index contributed by atoms with van der Waals surface area (Å²) in [7, 11) is 0. The first-order chi connectivity index (χ1) is 31.7. The number of fused-ring (bicyclic) bond motifs is 10. The minimum absolute atomic E-state index is 0.140. The highest BCUT2D eigenvalue weighted by Crippen LogP contribution is 2.46. The minimum Gasteiger partial charge on any atom is -0.456 e. The molecule has 0 saturated carbocycles. The molecule has 0 fully saturated rings. The standard InChI is InChI=1S/C59H38N4O/c1-4-15-37(16-5-1)38-27-29-42(30-28-38)58-60-57(41-20-8-3-9-21-41)61-59(62-58)48-25-14-26-52-54(48)47-33-32-43(35-53(47)64-52)63-50-34-31-40-19-10-11-22-44(40)55(50)56-46-24-13-12-23-45(46)49(36-51(56)63)39-17-6-2-7-18-39/h1-24,26-36,48H,25H2. The number of rotatable bonds is 6. The zero-order chi connectivity index (χ0) is 42.1. The predicted molar refractivity (Wildman–Crippen MR) is 263 cm³/mol. The van der Waals surface area contributed by atoms with E-state index in [1.54, 1.807) is 0 Å². The normalized spacial score (nSPS) is 13.7. The number of furan rings is 1. The van der Waals surface area contributed by atoms with E-state index in [4.69, 9.17) is 19.4 Å². The molecule has 1 aliphatic rings. The molecule has 3 heterocycles. The highest BCUT2D eigenvalue weighted by molar-refractivity contribution is 6.30. The molecule has 5 nitrogen and oxygen atoms in total. The lowest BCUT2D eigenvalue weighted by Gasteiger charge is -2.19. The Morgan fingerprint density at radius 1 is 0.453 bits per heavy atom. The van der Waals surface area contributed by atoms with E-state index in [0.717, 1.165) is 67.9 Å². The topological polar surface area (TPSA) is 56.7 Å². The van der Waals surface area contributed by atoms with Crippen molar-refractivity contribution in [3.8, 4) is 50.7 Å². The molecule has 300 valence electrons. The Kier molecular flexibility index (Phi) is 8.28. The molecular formula is C59H38N4O. The van der Waals surface area contributed by atoms with Crippen molar-refractivity contribution >= 4 is 60.4 Å². The van der Waals surface area contributed by atoms with E-state index < -0.39 is 0 Å². The third-order valence-corrected chi connectivity index (χ3v) is 13.0. The molecular weight excluding hydrogens is 781 g/mol. The largest absolute Gasteiger partial charge is 0.456 e. The lowest BCUT2D eigenvalue weighted by molar-refractivity contribution is 0.586. The van der Waals surface area contributed by atoms with Crippen molar-refractivity contribution < 1.29 is 4.42 Å². The molecule has 12 aromatic rings. The fraction of sp³-hybridized carbons (Fsp3) is 0.0339. The van der Waals surface area contributed by atoms with Gasteiger partial charge in [0, 0.05) is 44.6 Å². The fourth-order valence-corrected chi connectivity index (χ4v) is 10.0. The van der Waals surface area contributed by atoms with Gasteiger partial charge in [-0.15, -0.1) is 0 Å². The van der Waals surface area contributed by atoms with Crippen LogP contribution in [0.25, 0.3) is 111 Å². The second-order valence-electron chi connectivity index (χ2n) is 16.6. The Labute approximate surface area is 369 Å². The molecule has 0 spiro atoms. The zero-order valence-corrected chi connectivity index (χ0v) is 34.7. The number of nitrogens with zero attached hydrogens (tertiary/aromatic N) is 4. The van der Waals surface area contributed by atoms with Crippen LogP contribution in [0.4, 0.5) is 0 Å². The van der Waals surface area contributed by atoms with Crippen LogP contribution in [0.1, 0.15) is 29.5 Å². The van der Waals surface area contributed by atoms with Crippen LogP contribution in [0.15, 0.2) is 211 Å². The van der Waals surface area contributed by atoms with Crippen molar-refractivity contribution in [3.05, 3.63) is 223 Å². The van der Waals surface area contributed by atoms with E-state index in [2.05, 4.69) is 193 Å². The van der Waals surface area contributed by atoms with Crippen LogP contribution in [0, 0.1) is 0 Å². The smallest absolute Gasteiger partial charge is 0.163 e. The quantitative estimate of drug-likeness (QED) is 0.168. The van der Waals surface area contributed by atoms with Crippen molar-refractivity contribution in [3.63, 3.8) is 0 Å². The second-order valence-corrected chi connectivity index (χ2v) is 16.6. The van der Waals surface area contributed by atoms with Crippen LogP contribution in [-0.2, 0) is 0 Å². The van der Waals surface area contributed by atoms with Crippen LogP contribution >= 0.6 is 0 Å². The van der Waals surface area contributed by atoms with Crippen molar-refractivity contribution in [2.75, 3.05) is 0 Å². The average Bonchev–Trinajstić information content (AvgIpc) is 3.92. The van der Waals surface area contributed by atoms with Crippen LogP contribution in [0.3, 0.4) is 0 Å². The van der Waals surface area contributed by atoms with Gasteiger partial charge in [0.05, 0.1) is 17.0 Å². The Morgan fingerprint density at radius 2 is 1.05 bits per heavy atom. The van der Waals surface area contributed by atoms with Crippen LogP contribution in [-0.4, -0.2) is 19.5 Å². The molecule has 0 radical (unpaired) electrons. The fourth-order valence-electron chi connectivity index (χ4n) is 10.0. The molecule has 5 heteroatoms. The SMILES string of the molecule is C1=Cc2oc3cc(-n4c5ccc6ccccc6c5c5c6ccccc6c(-c6ccccc6)cc54)ccc3c2C(c2nc(-c3ccccc3)nc(-c3ccc(-c4ccccc4)cc3)n2)C1. The summed E-state index contributed by atoms with van der Waals surface area (Å²) in [5.74, 6) is 2.72. The van der Waals surface area contributed by atoms with Crippen molar-refractivity contribution in [1.82, 2.24) is 19.5 Å². The predicted octanol–water partition coefficient (Wildman–Crippen LogP) is 15.2. The van der Waals surface area contributed by atoms with Gasteiger partial charge in [-0.05, 0) is 80.6 Å². The molecule has 0 N–H and O–H groups in total. The van der Waals surface area contributed by atoms with Gasteiger partial charge in [-0.1, -0.05) is 176 Å². The molecule has 1 aliphatic carbocycles. The Balaban J connectivity index is 0.989. The van der Waals surface area contributed by atoms with E-state index >= 15 is 0 Å².